The maximum Gasteiger partial charge on any atom is 0.333 e. The van der Waals surface area contributed by atoms with Gasteiger partial charge >= 0.3 is 5.97 Å². The molecule has 0 aromatic carbocycles. The van der Waals surface area contributed by atoms with E-state index in [0.29, 0.717) is 12.0 Å². The summed E-state index contributed by atoms with van der Waals surface area (Å²) in [4.78, 5) is 10.9. The molecule has 11 heavy (non-hydrogen) atoms. The Hall–Kier alpha value is -1.05. The Morgan fingerprint density at radius 1 is 1.73 bits per heavy atom. The highest BCUT2D eigenvalue weighted by Crippen LogP contribution is 2.02. The fourth-order valence-electron chi connectivity index (χ4n) is 0.463. The third kappa shape index (κ3) is 3.61. The second-order valence-corrected chi connectivity index (χ2v) is 2.25. The third-order valence-corrected chi connectivity index (χ3v) is 1.15. The number of carbonyl (C=O) groups excluding carboxylic acids is 1. The molecule has 2 nitrogen and oxygen atoms in total. The van der Waals surface area contributed by atoms with E-state index in [9.17, 15) is 4.79 Å². The van der Waals surface area contributed by atoms with Crippen LogP contribution in [0.4, 0.5) is 0 Å². The Morgan fingerprint density at radius 2 is 2.27 bits per heavy atom. The number of hydrogen-bond donors (Lipinski definition) is 0. The number of esters is 1. The zero-order valence-corrected chi connectivity index (χ0v) is 6.80. The van der Waals surface area contributed by atoms with E-state index in [4.69, 9.17) is 4.74 Å². The van der Waals surface area contributed by atoms with Crippen LogP contribution >= 0.6 is 0 Å². The van der Waals surface area contributed by atoms with Gasteiger partial charge in [-0.05, 0) is 20.3 Å². The van der Waals surface area contributed by atoms with Gasteiger partial charge in [-0.15, -0.1) is 0 Å². The maximum atomic E-state index is 10.9. The van der Waals surface area contributed by atoms with E-state index in [2.05, 4.69) is 20.1 Å². The molecule has 0 spiro atoms. The molecule has 61 valence electrons. The summed E-state index contributed by atoms with van der Waals surface area (Å²) in [6.07, 6.45) is 1.76. The molecule has 0 aliphatic carbocycles. The fraction of sp³-hybridized carbons (Fsp3) is 0.333. The van der Waals surface area contributed by atoms with E-state index in [0.717, 1.165) is 0 Å². The Bertz CT molecular complexity index is 170. The van der Waals surface area contributed by atoms with Crippen LogP contribution in [0.5, 0.6) is 0 Å². The van der Waals surface area contributed by atoms with Gasteiger partial charge in [-0.1, -0.05) is 19.2 Å². The second-order valence-electron chi connectivity index (χ2n) is 2.25. The molecule has 1 radical (unpaired) electrons. The van der Waals surface area contributed by atoms with Crippen molar-refractivity contribution in [3.8, 4) is 0 Å². The van der Waals surface area contributed by atoms with Gasteiger partial charge in [0.25, 0.3) is 0 Å². The largest absolute Gasteiger partial charge is 0.455 e. The summed E-state index contributed by atoms with van der Waals surface area (Å²) in [6.45, 7) is 12.1. The summed E-state index contributed by atoms with van der Waals surface area (Å²) in [5.74, 6) is -0.390. The van der Waals surface area contributed by atoms with Crippen molar-refractivity contribution in [3.05, 3.63) is 31.7 Å². The first kappa shape index (κ1) is 9.95. The molecule has 0 amide bonds. The Morgan fingerprint density at radius 3 is 2.55 bits per heavy atom. The highest BCUT2D eigenvalue weighted by Gasteiger charge is 2.08. The van der Waals surface area contributed by atoms with Gasteiger partial charge in [-0.2, -0.15) is 0 Å². The molecule has 0 aliphatic heterocycles. The molecule has 2 heteroatoms. The van der Waals surface area contributed by atoms with Gasteiger partial charge in [0.1, 0.15) is 6.10 Å². The minimum atomic E-state index is -0.390. The first-order chi connectivity index (χ1) is 5.11. The third-order valence-electron chi connectivity index (χ3n) is 1.15. The van der Waals surface area contributed by atoms with Crippen molar-refractivity contribution in [1.29, 1.82) is 0 Å². The van der Waals surface area contributed by atoms with Gasteiger partial charge in [0.15, 0.2) is 0 Å². The predicted octanol–water partition coefficient (Wildman–Crippen LogP) is 1.88. The zero-order chi connectivity index (χ0) is 8.85. The van der Waals surface area contributed by atoms with Crippen LogP contribution in [0, 0.1) is 6.92 Å². The maximum absolute atomic E-state index is 10.9. The summed E-state index contributed by atoms with van der Waals surface area (Å²) in [6, 6.07) is 0. The quantitative estimate of drug-likeness (QED) is 0.350. The molecule has 0 bridgehead atoms. The topological polar surface area (TPSA) is 26.3 Å². The lowest BCUT2D eigenvalue weighted by Crippen LogP contribution is -2.15. The zero-order valence-electron chi connectivity index (χ0n) is 6.80. The van der Waals surface area contributed by atoms with Crippen molar-refractivity contribution in [2.45, 2.75) is 19.4 Å². The highest BCUT2D eigenvalue weighted by molar-refractivity contribution is 5.87. The molecule has 0 saturated carbocycles. The first-order valence-corrected chi connectivity index (χ1v) is 3.40. The summed E-state index contributed by atoms with van der Waals surface area (Å²) in [5.41, 5.74) is 0.394. The lowest BCUT2D eigenvalue weighted by molar-refractivity contribution is -0.141. The van der Waals surface area contributed by atoms with E-state index < -0.39 is 5.97 Å². The van der Waals surface area contributed by atoms with Crippen molar-refractivity contribution >= 4 is 5.97 Å². The van der Waals surface area contributed by atoms with Crippen molar-refractivity contribution in [2.24, 2.45) is 0 Å². The van der Waals surface area contributed by atoms with E-state index in [-0.39, 0.29) is 6.10 Å². The number of rotatable bonds is 4. The van der Waals surface area contributed by atoms with Gasteiger partial charge in [-0.3, -0.25) is 0 Å². The predicted molar refractivity (Wildman–Crippen MR) is 44.9 cm³/mol. The Balaban J connectivity index is 3.91. The van der Waals surface area contributed by atoms with Crippen molar-refractivity contribution in [1.82, 2.24) is 0 Å². The minimum Gasteiger partial charge on any atom is -0.455 e. The number of ether oxygens (including phenoxy) is 1. The summed E-state index contributed by atoms with van der Waals surface area (Å²) >= 11 is 0. The standard InChI is InChI=1S/C9H13O2/c1-5-8(6-2)11-9(10)7(3)4/h5,8H,1-3,6H2,4H3. The normalized spacial score (nSPS) is 11.8. The summed E-state index contributed by atoms with van der Waals surface area (Å²) in [7, 11) is 0. The van der Waals surface area contributed by atoms with E-state index in [1.807, 2.05) is 0 Å². The summed E-state index contributed by atoms with van der Waals surface area (Å²) in [5, 5.41) is 0. The van der Waals surface area contributed by atoms with Crippen LogP contribution in [-0.4, -0.2) is 12.1 Å². The molecule has 1 unspecified atom stereocenters. The van der Waals surface area contributed by atoms with E-state index in [1.54, 1.807) is 13.0 Å². The van der Waals surface area contributed by atoms with Crippen LogP contribution in [0.2, 0.25) is 0 Å². The first-order valence-electron chi connectivity index (χ1n) is 3.40. The molecule has 0 N–H and O–H groups in total. The second kappa shape index (κ2) is 4.72. The average molecular weight is 153 g/mol. The molecule has 0 aromatic rings. The Labute approximate surface area is 67.6 Å². The molecule has 0 fully saturated rings. The smallest absolute Gasteiger partial charge is 0.333 e. The van der Waals surface area contributed by atoms with Gasteiger partial charge in [0.2, 0.25) is 0 Å². The molecule has 0 aliphatic rings. The van der Waals surface area contributed by atoms with Gasteiger partial charge in [0.05, 0.1) is 0 Å². The average Bonchev–Trinajstić information content (AvgIpc) is 1.99. The molecule has 0 heterocycles. The fourth-order valence-corrected chi connectivity index (χ4v) is 0.463. The van der Waals surface area contributed by atoms with Crippen molar-refractivity contribution in [2.75, 3.05) is 0 Å². The number of carbonyl (C=O) groups is 1. The molecule has 0 aromatic heterocycles. The van der Waals surface area contributed by atoms with E-state index in [1.165, 1.54) is 0 Å². The molecule has 0 rings (SSSR count). The van der Waals surface area contributed by atoms with Crippen LogP contribution in [0.3, 0.4) is 0 Å². The SMILES string of the molecule is [CH2]CC(C=C)OC(=O)C(=C)C. The summed E-state index contributed by atoms with van der Waals surface area (Å²) < 4.78 is 4.89. The minimum absolute atomic E-state index is 0.292. The molecular weight excluding hydrogens is 140 g/mol. The van der Waals surface area contributed by atoms with Crippen molar-refractivity contribution in [3.63, 3.8) is 0 Å². The van der Waals surface area contributed by atoms with Crippen LogP contribution in [-0.2, 0) is 9.53 Å². The van der Waals surface area contributed by atoms with Crippen molar-refractivity contribution < 1.29 is 9.53 Å². The van der Waals surface area contributed by atoms with Crippen LogP contribution in [0.25, 0.3) is 0 Å². The van der Waals surface area contributed by atoms with Gasteiger partial charge in [0, 0.05) is 5.57 Å². The lowest BCUT2D eigenvalue weighted by atomic mass is 10.2. The highest BCUT2D eigenvalue weighted by atomic mass is 16.5. The van der Waals surface area contributed by atoms with E-state index >= 15 is 0 Å². The number of hydrogen-bond acceptors (Lipinski definition) is 2. The lowest BCUT2D eigenvalue weighted by Gasteiger charge is -2.10. The van der Waals surface area contributed by atoms with Crippen LogP contribution in [0.1, 0.15) is 13.3 Å². The Kier molecular flexibility index (Phi) is 4.27. The molecular formula is C9H13O2. The van der Waals surface area contributed by atoms with Gasteiger partial charge < -0.3 is 4.74 Å². The monoisotopic (exact) mass is 153 g/mol. The van der Waals surface area contributed by atoms with Crippen LogP contribution in [0.15, 0.2) is 24.8 Å². The molecule has 1 atom stereocenters. The van der Waals surface area contributed by atoms with Crippen LogP contribution < -0.4 is 0 Å². The van der Waals surface area contributed by atoms with Gasteiger partial charge in [-0.25, -0.2) is 4.79 Å². The molecule has 0 saturated heterocycles.